The summed E-state index contributed by atoms with van der Waals surface area (Å²) in [7, 11) is 1.40. The van der Waals surface area contributed by atoms with Gasteiger partial charge < -0.3 is 4.74 Å². The topological polar surface area (TPSA) is 38.7 Å². The number of esters is 1. The summed E-state index contributed by atoms with van der Waals surface area (Å²) in [6.07, 6.45) is 4.71. The first kappa shape index (κ1) is 10.6. The molecule has 1 heterocycles. The molecule has 16 heavy (non-hydrogen) atoms. The van der Waals surface area contributed by atoms with Crippen molar-refractivity contribution in [2.45, 2.75) is 12.8 Å². The Morgan fingerprint density at radius 3 is 3.06 bits per heavy atom. The number of hydrogen-bond donors (Lipinski definition) is 0. The standard InChI is InChI=1S/C13H13NO2/c1-16-13(15)9-10-6-7-14-12-5-3-2-4-11(12)8-10/h2-7H,8-9H2,1H3. The first-order valence-electron chi connectivity index (χ1n) is 5.16. The Hall–Kier alpha value is -1.90. The van der Waals surface area contributed by atoms with Crippen molar-refractivity contribution >= 4 is 17.9 Å². The van der Waals surface area contributed by atoms with Gasteiger partial charge in [-0.05, 0) is 24.1 Å². The number of ether oxygens (including phenoxy) is 1. The maximum absolute atomic E-state index is 11.2. The molecule has 0 aromatic heterocycles. The highest BCUT2D eigenvalue weighted by Gasteiger charge is 2.10. The molecular formula is C13H13NO2. The number of fused-ring (bicyclic) bond motifs is 1. The average molecular weight is 215 g/mol. The highest BCUT2D eigenvalue weighted by Crippen LogP contribution is 2.24. The fourth-order valence-corrected chi connectivity index (χ4v) is 1.69. The molecular weight excluding hydrogens is 202 g/mol. The van der Waals surface area contributed by atoms with Crippen molar-refractivity contribution in [2.24, 2.45) is 4.99 Å². The Labute approximate surface area is 94.5 Å². The van der Waals surface area contributed by atoms with Gasteiger partial charge in [0.25, 0.3) is 0 Å². The highest BCUT2D eigenvalue weighted by molar-refractivity contribution is 5.81. The molecule has 82 valence electrons. The Bertz CT molecular complexity index is 461. The largest absolute Gasteiger partial charge is 0.469 e. The number of rotatable bonds is 2. The number of benzene rings is 1. The van der Waals surface area contributed by atoms with E-state index in [9.17, 15) is 4.79 Å². The molecule has 0 saturated carbocycles. The Balaban J connectivity index is 2.19. The van der Waals surface area contributed by atoms with Gasteiger partial charge in [-0.1, -0.05) is 23.8 Å². The normalized spacial score (nSPS) is 13.7. The number of para-hydroxylation sites is 1. The van der Waals surface area contributed by atoms with Gasteiger partial charge in [0.15, 0.2) is 0 Å². The van der Waals surface area contributed by atoms with Crippen LogP contribution in [0.5, 0.6) is 0 Å². The predicted octanol–water partition coefficient (Wildman–Crippen LogP) is 2.43. The fourth-order valence-electron chi connectivity index (χ4n) is 1.69. The van der Waals surface area contributed by atoms with Gasteiger partial charge in [0.2, 0.25) is 0 Å². The second-order valence-electron chi connectivity index (χ2n) is 3.66. The Morgan fingerprint density at radius 2 is 2.25 bits per heavy atom. The van der Waals surface area contributed by atoms with E-state index in [1.165, 1.54) is 7.11 Å². The molecule has 0 bridgehead atoms. The minimum Gasteiger partial charge on any atom is -0.469 e. The van der Waals surface area contributed by atoms with E-state index >= 15 is 0 Å². The van der Waals surface area contributed by atoms with Crippen LogP contribution in [0.3, 0.4) is 0 Å². The van der Waals surface area contributed by atoms with E-state index in [1.807, 2.05) is 30.3 Å². The third-order valence-electron chi connectivity index (χ3n) is 2.53. The number of hydrogen-bond acceptors (Lipinski definition) is 3. The number of carbonyl (C=O) groups is 1. The van der Waals surface area contributed by atoms with Gasteiger partial charge in [0.1, 0.15) is 0 Å². The zero-order valence-corrected chi connectivity index (χ0v) is 9.14. The van der Waals surface area contributed by atoms with Crippen LogP contribution in [-0.2, 0) is 16.0 Å². The molecule has 3 nitrogen and oxygen atoms in total. The number of nitrogens with zero attached hydrogens (tertiary/aromatic N) is 1. The first-order valence-corrected chi connectivity index (χ1v) is 5.16. The van der Waals surface area contributed by atoms with E-state index in [0.29, 0.717) is 6.42 Å². The monoisotopic (exact) mass is 215 g/mol. The summed E-state index contributed by atoms with van der Waals surface area (Å²) >= 11 is 0. The van der Waals surface area contributed by atoms with E-state index < -0.39 is 0 Å². The Kier molecular flexibility index (Phi) is 3.15. The van der Waals surface area contributed by atoms with Crippen molar-refractivity contribution in [2.75, 3.05) is 7.11 Å². The minimum absolute atomic E-state index is 0.209. The maximum atomic E-state index is 11.2. The molecule has 1 aliphatic rings. The third kappa shape index (κ3) is 2.37. The zero-order valence-electron chi connectivity index (χ0n) is 9.14. The lowest BCUT2D eigenvalue weighted by Crippen LogP contribution is -2.03. The van der Waals surface area contributed by atoms with E-state index in [2.05, 4.69) is 9.73 Å². The number of allylic oxidation sites excluding steroid dienone is 1. The maximum Gasteiger partial charge on any atom is 0.309 e. The molecule has 1 aromatic rings. The zero-order chi connectivity index (χ0) is 11.4. The molecule has 0 fully saturated rings. The summed E-state index contributed by atoms with van der Waals surface area (Å²) in [6.45, 7) is 0. The predicted molar refractivity (Wildman–Crippen MR) is 63.0 cm³/mol. The molecule has 1 aromatic carbocycles. The van der Waals surface area contributed by atoms with Gasteiger partial charge >= 0.3 is 5.97 Å². The number of aliphatic imine (C=N–C) groups is 1. The van der Waals surface area contributed by atoms with E-state index in [1.54, 1.807) is 6.21 Å². The molecule has 0 amide bonds. The van der Waals surface area contributed by atoms with Crippen molar-refractivity contribution in [1.29, 1.82) is 0 Å². The van der Waals surface area contributed by atoms with Crippen molar-refractivity contribution in [3.8, 4) is 0 Å². The van der Waals surface area contributed by atoms with Crippen molar-refractivity contribution < 1.29 is 9.53 Å². The molecule has 0 spiro atoms. The second-order valence-corrected chi connectivity index (χ2v) is 3.66. The van der Waals surface area contributed by atoms with Crippen LogP contribution in [0.1, 0.15) is 12.0 Å². The van der Waals surface area contributed by atoms with Crippen LogP contribution in [0, 0.1) is 0 Å². The average Bonchev–Trinajstić information content (AvgIpc) is 2.50. The molecule has 0 atom stereocenters. The first-order chi connectivity index (χ1) is 7.79. The Morgan fingerprint density at radius 1 is 1.44 bits per heavy atom. The van der Waals surface area contributed by atoms with Crippen LogP contribution in [0.25, 0.3) is 0 Å². The molecule has 1 aliphatic heterocycles. The van der Waals surface area contributed by atoms with Crippen LogP contribution >= 0.6 is 0 Å². The van der Waals surface area contributed by atoms with Gasteiger partial charge in [0, 0.05) is 6.21 Å². The van der Waals surface area contributed by atoms with Crippen LogP contribution in [0.2, 0.25) is 0 Å². The summed E-state index contributed by atoms with van der Waals surface area (Å²) in [5, 5.41) is 0. The van der Waals surface area contributed by atoms with Crippen LogP contribution in [0.15, 0.2) is 40.9 Å². The summed E-state index contributed by atoms with van der Waals surface area (Å²) in [5.74, 6) is -0.209. The summed E-state index contributed by atoms with van der Waals surface area (Å²) in [4.78, 5) is 15.5. The summed E-state index contributed by atoms with van der Waals surface area (Å²) < 4.78 is 4.66. The van der Waals surface area contributed by atoms with Gasteiger partial charge in [-0.3, -0.25) is 9.79 Å². The molecule has 0 saturated heterocycles. The van der Waals surface area contributed by atoms with Crippen molar-refractivity contribution in [1.82, 2.24) is 0 Å². The van der Waals surface area contributed by atoms with Crippen LogP contribution in [0.4, 0.5) is 5.69 Å². The van der Waals surface area contributed by atoms with E-state index in [0.717, 1.165) is 23.2 Å². The van der Waals surface area contributed by atoms with Crippen molar-refractivity contribution in [3.63, 3.8) is 0 Å². The second kappa shape index (κ2) is 4.75. The van der Waals surface area contributed by atoms with E-state index in [-0.39, 0.29) is 5.97 Å². The van der Waals surface area contributed by atoms with Gasteiger partial charge in [0.05, 0.1) is 19.2 Å². The number of carbonyl (C=O) groups excluding carboxylic acids is 1. The SMILES string of the molecule is COC(=O)CC1=CC=Nc2ccccc2C1. The molecule has 0 unspecified atom stereocenters. The van der Waals surface area contributed by atoms with E-state index in [4.69, 9.17) is 0 Å². The fraction of sp³-hybridized carbons (Fsp3) is 0.231. The van der Waals surface area contributed by atoms with Crippen LogP contribution < -0.4 is 0 Å². The van der Waals surface area contributed by atoms with Crippen LogP contribution in [-0.4, -0.2) is 19.3 Å². The summed E-state index contributed by atoms with van der Waals surface area (Å²) in [6, 6.07) is 7.95. The lowest BCUT2D eigenvalue weighted by Gasteiger charge is -2.05. The molecule has 0 aliphatic carbocycles. The lowest BCUT2D eigenvalue weighted by molar-refractivity contribution is -0.139. The molecule has 3 heteroatoms. The molecule has 0 N–H and O–H groups in total. The number of methoxy groups -OCH3 is 1. The van der Waals surface area contributed by atoms with Crippen molar-refractivity contribution in [3.05, 3.63) is 41.5 Å². The minimum atomic E-state index is -0.209. The lowest BCUT2D eigenvalue weighted by atomic mass is 10.0. The molecule has 2 rings (SSSR count). The van der Waals surface area contributed by atoms with Gasteiger partial charge in [-0.15, -0.1) is 0 Å². The quantitative estimate of drug-likeness (QED) is 0.711. The third-order valence-corrected chi connectivity index (χ3v) is 2.53. The highest BCUT2D eigenvalue weighted by atomic mass is 16.5. The summed E-state index contributed by atoms with van der Waals surface area (Å²) in [5.41, 5.74) is 3.14. The smallest absolute Gasteiger partial charge is 0.309 e. The van der Waals surface area contributed by atoms with Gasteiger partial charge in [-0.2, -0.15) is 0 Å². The molecule has 0 radical (unpaired) electrons. The van der Waals surface area contributed by atoms with Gasteiger partial charge in [-0.25, -0.2) is 0 Å².